The van der Waals surface area contributed by atoms with Gasteiger partial charge in [0.15, 0.2) is 0 Å². The molecule has 0 N–H and O–H groups in total. The molecule has 2 aliphatic heterocycles. The Morgan fingerprint density at radius 2 is 1.72 bits per heavy atom. The number of nitrogens with zero attached hydrogens (tertiary/aromatic N) is 2. The van der Waals surface area contributed by atoms with Crippen LogP contribution in [0.2, 0.25) is 0 Å². The highest BCUT2D eigenvalue weighted by atomic mass is 79.9. The summed E-state index contributed by atoms with van der Waals surface area (Å²) < 4.78 is 2.68. The lowest BCUT2D eigenvalue weighted by molar-refractivity contribution is -0.539. The van der Waals surface area contributed by atoms with E-state index in [1.165, 1.54) is 84.0 Å². The van der Waals surface area contributed by atoms with Crippen molar-refractivity contribution in [2.24, 2.45) is 0 Å². The lowest BCUT2D eigenvalue weighted by Gasteiger charge is -2.22. The third-order valence-electron chi connectivity index (χ3n) is 4.20. The fourth-order valence-electron chi connectivity index (χ4n) is 3.22. The molecule has 0 aliphatic carbocycles. The van der Waals surface area contributed by atoms with Crippen LogP contribution in [0.1, 0.15) is 64.7 Å². The molecule has 0 aromatic carbocycles. The van der Waals surface area contributed by atoms with Gasteiger partial charge in [-0.1, -0.05) is 32.6 Å². The molecule has 0 amide bonds. The number of rotatable bonds is 7. The van der Waals surface area contributed by atoms with Gasteiger partial charge in [-0.25, -0.2) is 0 Å². The zero-order valence-corrected chi connectivity index (χ0v) is 13.6. The first-order chi connectivity index (χ1) is 8.42. The molecule has 2 nitrogen and oxygen atoms in total. The Morgan fingerprint density at radius 3 is 2.56 bits per heavy atom. The van der Waals surface area contributed by atoms with Crippen molar-refractivity contribution in [3.8, 4) is 0 Å². The van der Waals surface area contributed by atoms with E-state index in [1.807, 2.05) is 0 Å². The molecule has 1 fully saturated rings. The summed E-state index contributed by atoms with van der Waals surface area (Å²) >= 11 is 0. The van der Waals surface area contributed by atoms with E-state index in [2.05, 4.69) is 16.4 Å². The summed E-state index contributed by atoms with van der Waals surface area (Å²) in [4.78, 5) is 2.63. The van der Waals surface area contributed by atoms with Crippen molar-refractivity contribution < 1.29 is 21.6 Å². The van der Waals surface area contributed by atoms with Crippen molar-refractivity contribution >= 4 is 5.84 Å². The largest absolute Gasteiger partial charge is 1.00 e. The smallest absolute Gasteiger partial charge is 0.246 e. The van der Waals surface area contributed by atoms with Gasteiger partial charge in [0.1, 0.15) is 0 Å². The first kappa shape index (κ1) is 16.0. The van der Waals surface area contributed by atoms with Crippen LogP contribution >= 0.6 is 0 Å². The molecule has 0 unspecified atom stereocenters. The highest BCUT2D eigenvalue weighted by Crippen LogP contribution is 2.16. The summed E-state index contributed by atoms with van der Waals surface area (Å²) in [6, 6.07) is 0. The minimum atomic E-state index is 0. The van der Waals surface area contributed by atoms with E-state index in [-0.39, 0.29) is 17.0 Å². The molecule has 0 aromatic rings. The average molecular weight is 317 g/mol. The monoisotopic (exact) mass is 316 g/mol. The molecule has 0 atom stereocenters. The zero-order valence-electron chi connectivity index (χ0n) is 12.0. The van der Waals surface area contributed by atoms with E-state index in [0.717, 1.165) is 0 Å². The highest BCUT2D eigenvalue weighted by molar-refractivity contribution is 5.79. The number of hydrogen-bond acceptors (Lipinski definition) is 1. The second-order valence-corrected chi connectivity index (χ2v) is 5.62. The van der Waals surface area contributed by atoms with E-state index >= 15 is 0 Å². The minimum Gasteiger partial charge on any atom is -1.00 e. The maximum absolute atomic E-state index is 2.68. The van der Waals surface area contributed by atoms with Gasteiger partial charge in [-0.15, -0.1) is 0 Å². The molecule has 1 saturated heterocycles. The van der Waals surface area contributed by atoms with Gasteiger partial charge in [0.05, 0.1) is 32.6 Å². The number of unbranched alkanes of at least 4 members (excludes halogenated alkanes) is 5. The Balaban J connectivity index is 0.00000162. The Labute approximate surface area is 123 Å². The van der Waals surface area contributed by atoms with E-state index in [4.69, 9.17) is 0 Å². The number of hydrogen-bond donors (Lipinski definition) is 0. The van der Waals surface area contributed by atoms with Crippen LogP contribution in [0, 0.1) is 0 Å². The fraction of sp³-hybridized carbons (Fsp3) is 0.933. The van der Waals surface area contributed by atoms with Crippen molar-refractivity contribution in [3.63, 3.8) is 0 Å². The zero-order chi connectivity index (χ0) is 11.9. The van der Waals surface area contributed by atoms with E-state index in [0.29, 0.717) is 0 Å². The molecule has 0 bridgehead atoms. The van der Waals surface area contributed by atoms with Gasteiger partial charge in [-0.3, -0.25) is 9.48 Å². The lowest BCUT2D eigenvalue weighted by atomic mass is 10.1. The molecule has 18 heavy (non-hydrogen) atoms. The van der Waals surface area contributed by atoms with Gasteiger partial charge in [0.25, 0.3) is 0 Å². The standard InChI is InChI=1S/C15H29N2.BrH/c1-2-3-4-5-6-7-11-16-13-9-14-17-12-8-10-15(16)17;/h2-14H2,1H3;1H/q+1;/p-1. The quantitative estimate of drug-likeness (QED) is 0.482. The molecular formula is C15H29BrN2. The molecule has 3 heteroatoms. The topological polar surface area (TPSA) is 6.25 Å². The summed E-state index contributed by atoms with van der Waals surface area (Å²) in [6.45, 7) is 7.57. The van der Waals surface area contributed by atoms with Crippen LogP contribution in [0.3, 0.4) is 0 Å². The van der Waals surface area contributed by atoms with Crippen molar-refractivity contribution in [2.45, 2.75) is 64.7 Å². The number of fused-ring (bicyclic) bond motifs is 1. The van der Waals surface area contributed by atoms with Crippen LogP contribution in [0.5, 0.6) is 0 Å². The lowest BCUT2D eigenvalue weighted by Crippen LogP contribution is -3.00. The third-order valence-corrected chi connectivity index (χ3v) is 4.20. The predicted molar refractivity (Wildman–Crippen MR) is 73.8 cm³/mol. The van der Waals surface area contributed by atoms with Gasteiger partial charge in [0.2, 0.25) is 5.84 Å². The summed E-state index contributed by atoms with van der Waals surface area (Å²) in [5.41, 5.74) is 0. The Kier molecular flexibility index (Phi) is 7.96. The molecular weight excluding hydrogens is 288 g/mol. The van der Waals surface area contributed by atoms with Gasteiger partial charge >= 0.3 is 0 Å². The van der Waals surface area contributed by atoms with Crippen molar-refractivity contribution in [2.75, 3.05) is 26.2 Å². The molecule has 2 heterocycles. The van der Waals surface area contributed by atoms with Crippen molar-refractivity contribution in [3.05, 3.63) is 0 Å². The molecule has 106 valence electrons. The Hall–Kier alpha value is -0.0500. The molecule has 2 rings (SSSR count). The van der Waals surface area contributed by atoms with Crippen molar-refractivity contribution in [1.82, 2.24) is 4.90 Å². The first-order valence-electron chi connectivity index (χ1n) is 7.77. The van der Waals surface area contributed by atoms with Crippen LogP contribution in [0.25, 0.3) is 0 Å². The first-order valence-corrected chi connectivity index (χ1v) is 7.77. The van der Waals surface area contributed by atoms with E-state index < -0.39 is 0 Å². The van der Waals surface area contributed by atoms with Gasteiger partial charge < -0.3 is 17.0 Å². The van der Waals surface area contributed by atoms with Crippen molar-refractivity contribution in [1.29, 1.82) is 0 Å². The summed E-state index contributed by atoms with van der Waals surface area (Å²) in [7, 11) is 0. The summed E-state index contributed by atoms with van der Waals surface area (Å²) in [6.07, 6.45) is 12.6. The third kappa shape index (κ3) is 4.56. The number of amidine groups is 1. The minimum absolute atomic E-state index is 0. The Bertz CT molecular complexity index is 263. The summed E-state index contributed by atoms with van der Waals surface area (Å²) in [5, 5.41) is 0. The fourth-order valence-corrected chi connectivity index (χ4v) is 3.22. The maximum Gasteiger partial charge on any atom is 0.246 e. The second kappa shape index (κ2) is 8.95. The average Bonchev–Trinajstić information content (AvgIpc) is 2.82. The van der Waals surface area contributed by atoms with Crippen LogP contribution in [0.15, 0.2) is 0 Å². The van der Waals surface area contributed by atoms with Gasteiger partial charge in [-0.05, 0) is 19.3 Å². The van der Waals surface area contributed by atoms with Gasteiger partial charge in [0, 0.05) is 6.42 Å². The maximum atomic E-state index is 2.68. The SMILES string of the molecule is CCCCCCCC[N+]1=C2CCCN2CCC1.[Br-]. The van der Waals surface area contributed by atoms with E-state index in [9.17, 15) is 0 Å². The normalized spacial score (nSPS) is 18.8. The van der Waals surface area contributed by atoms with Crippen LogP contribution < -0.4 is 17.0 Å². The van der Waals surface area contributed by atoms with Crippen LogP contribution in [-0.2, 0) is 0 Å². The molecule has 0 saturated carbocycles. The molecule has 0 spiro atoms. The second-order valence-electron chi connectivity index (χ2n) is 5.62. The molecule has 2 aliphatic rings. The van der Waals surface area contributed by atoms with Crippen LogP contribution in [-0.4, -0.2) is 41.5 Å². The Morgan fingerprint density at radius 1 is 1.00 bits per heavy atom. The van der Waals surface area contributed by atoms with Gasteiger partial charge in [-0.2, -0.15) is 0 Å². The molecule has 0 radical (unpaired) electrons. The van der Waals surface area contributed by atoms with E-state index in [1.54, 1.807) is 5.84 Å². The summed E-state index contributed by atoms with van der Waals surface area (Å²) in [5.74, 6) is 1.67. The highest BCUT2D eigenvalue weighted by Gasteiger charge is 2.31. The number of halogens is 1. The molecule has 0 aromatic heterocycles. The predicted octanol–water partition coefficient (Wildman–Crippen LogP) is 0.261. The van der Waals surface area contributed by atoms with Crippen LogP contribution in [0.4, 0.5) is 0 Å².